The fourth-order valence-corrected chi connectivity index (χ4v) is 3.60. The van der Waals surface area contributed by atoms with Gasteiger partial charge in [0.15, 0.2) is 0 Å². The maximum atomic E-state index is 13.5. The number of benzene rings is 3. The van der Waals surface area contributed by atoms with Crippen molar-refractivity contribution < 1.29 is 14.7 Å². The van der Waals surface area contributed by atoms with Crippen LogP contribution in [0.3, 0.4) is 0 Å². The minimum atomic E-state index is -0.867. The topological polar surface area (TPSA) is 57.6 Å². The summed E-state index contributed by atoms with van der Waals surface area (Å²) in [6, 6.07) is 26.5. The molecule has 154 valence electrons. The van der Waals surface area contributed by atoms with Crippen LogP contribution in [0.4, 0.5) is 0 Å². The normalized spacial score (nSPS) is 11.6. The van der Waals surface area contributed by atoms with E-state index < -0.39 is 5.97 Å². The van der Waals surface area contributed by atoms with Gasteiger partial charge in [0, 0.05) is 23.6 Å². The molecule has 0 aliphatic heterocycles. The van der Waals surface area contributed by atoms with Gasteiger partial charge in [-0.1, -0.05) is 72.3 Å². The Kier molecular flexibility index (Phi) is 7.63. The van der Waals surface area contributed by atoms with Gasteiger partial charge < -0.3 is 10.0 Å². The van der Waals surface area contributed by atoms with E-state index in [1.165, 1.54) is 0 Å². The van der Waals surface area contributed by atoms with Gasteiger partial charge in [-0.3, -0.25) is 9.59 Å². The summed E-state index contributed by atoms with van der Waals surface area (Å²) >= 11 is 5.99. The summed E-state index contributed by atoms with van der Waals surface area (Å²) in [4.78, 5) is 26.3. The van der Waals surface area contributed by atoms with Crippen LogP contribution in [0.1, 0.15) is 40.4 Å². The SMILES string of the molecule is O=C(O)CCCN(C(=O)c1ccc(Cl)cc1)C(Cc1ccccc1)c1ccccc1. The van der Waals surface area contributed by atoms with Gasteiger partial charge in [0.1, 0.15) is 0 Å². The molecule has 1 unspecified atom stereocenters. The third-order valence-corrected chi connectivity index (χ3v) is 5.23. The van der Waals surface area contributed by atoms with Crippen LogP contribution in [0.5, 0.6) is 0 Å². The van der Waals surface area contributed by atoms with Crippen molar-refractivity contribution in [2.24, 2.45) is 0 Å². The standard InChI is InChI=1S/C25H24ClNO3/c26-22-15-13-21(14-16-22)25(30)27(17-7-12-24(28)29)23(20-10-5-2-6-11-20)18-19-8-3-1-4-9-19/h1-6,8-11,13-16,23H,7,12,17-18H2,(H,28,29). The molecular formula is C25H24ClNO3. The molecule has 0 aromatic heterocycles. The molecule has 1 amide bonds. The molecule has 0 heterocycles. The first-order chi connectivity index (χ1) is 14.5. The van der Waals surface area contributed by atoms with Crippen molar-refractivity contribution in [3.63, 3.8) is 0 Å². The molecule has 0 spiro atoms. The third kappa shape index (κ3) is 5.94. The van der Waals surface area contributed by atoms with Crippen LogP contribution in [0.2, 0.25) is 5.02 Å². The lowest BCUT2D eigenvalue weighted by atomic mass is 9.96. The first-order valence-electron chi connectivity index (χ1n) is 9.92. The fraction of sp³-hybridized carbons (Fsp3) is 0.200. The second-order valence-electron chi connectivity index (χ2n) is 7.12. The molecule has 0 aliphatic rings. The molecule has 0 bridgehead atoms. The molecule has 30 heavy (non-hydrogen) atoms. The Morgan fingerprint density at radius 1 is 0.867 bits per heavy atom. The minimum Gasteiger partial charge on any atom is -0.481 e. The summed E-state index contributed by atoms with van der Waals surface area (Å²) in [7, 11) is 0. The average molecular weight is 422 g/mol. The van der Waals surface area contributed by atoms with E-state index in [0.29, 0.717) is 30.0 Å². The van der Waals surface area contributed by atoms with E-state index in [1.54, 1.807) is 29.2 Å². The number of hydrogen-bond acceptors (Lipinski definition) is 2. The highest BCUT2D eigenvalue weighted by molar-refractivity contribution is 6.30. The van der Waals surface area contributed by atoms with Gasteiger partial charge in [0.2, 0.25) is 0 Å². The largest absolute Gasteiger partial charge is 0.481 e. The van der Waals surface area contributed by atoms with Crippen LogP contribution in [0, 0.1) is 0 Å². The second kappa shape index (κ2) is 10.6. The van der Waals surface area contributed by atoms with Gasteiger partial charge in [-0.15, -0.1) is 0 Å². The number of aliphatic carboxylic acids is 1. The van der Waals surface area contributed by atoms with Crippen molar-refractivity contribution >= 4 is 23.5 Å². The van der Waals surface area contributed by atoms with E-state index in [0.717, 1.165) is 11.1 Å². The fourth-order valence-electron chi connectivity index (χ4n) is 3.48. The third-order valence-electron chi connectivity index (χ3n) is 4.97. The van der Waals surface area contributed by atoms with Crippen LogP contribution in [0.15, 0.2) is 84.9 Å². The highest BCUT2D eigenvalue weighted by Gasteiger charge is 2.26. The van der Waals surface area contributed by atoms with Crippen molar-refractivity contribution in [1.29, 1.82) is 0 Å². The molecular weight excluding hydrogens is 398 g/mol. The molecule has 4 nitrogen and oxygen atoms in total. The number of hydrogen-bond donors (Lipinski definition) is 1. The van der Waals surface area contributed by atoms with Crippen LogP contribution < -0.4 is 0 Å². The maximum absolute atomic E-state index is 13.5. The smallest absolute Gasteiger partial charge is 0.303 e. The summed E-state index contributed by atoms with van der Waals surface area (Å²) in [6.07, 6.45) is 1.03. The predicted octanol–water partition coefficient (Wildman–Crippen LogP) is 5.63. The van der Waals surface area contributed by atoms with E-state index in [1.807, 2.05) is 60.7 Å². The summed E-state index contributed by atoms with van der Waals surface area (Å²) in [5.41, 5.74) is 2.65. The number of carbonyl (C=O) groups excluding carboxylic acids is 1. The quantitative estimate of drug-likeness (QED) is 0.487. The monoisotopic (exact) mass is 421 g/mol. The second-order valence-corrected chi connectivity index (χ2v) is 7.56. The number of rotatable bonds is 9. The van der Waals surface area contributed by atoms with Crippen molar-refractivity contribution in [3.05, 3.63) is 107 Å². The lowest BCUT2D eigenvalue weighted by Gasteiger charge is -2.33. The lowest BCUT2D eigenvalue weighted by Crippen LogP contribution is -2.37. The van der Waals surface area contributed by atoms with Crippen molar-refractivity contribution in [2.45, 2.75) is 25.3 Å². The molecule has 3 rings (SSSR count). The van der Waals surface area contributed by atoms with Gasteiger partial charge in [0.05, 0.1) is 6.04 Å². The number of amides is 1. The summed E-state index contributed by atoms with van der Waals surface area (Å²) in [5.74, 6) is -1.00. The Morgan fingerprint density at radius 3 is 2.07 bits per heavy atom. The summed E-state index contributed by atoms with van der Waals surface area (Å²) in [5, 5.41) is 9.65. The Bertz CT molecular complexity index is 959. The van der Waals surface area contributed by atoms with Gasteiger partial charge in [0.25, 0.3) is 5.91 Å². The number of carbonyl (C=O) groups is 2. The molecule has 3 aromatic carbocycles. The average Bonchev–Trinajstić information content (AvgIpc) is 2.77. The van der Waals surface area contributed by atoms with Gasteiger partial charge in [-0.25, -0.2) is 0 Å². The molecule has 5 heteroatoms. The number of halogens is 1. The lowest BCUT2D eigenvalue weighted by molar-refractivity contribution is -0.137. The summed E-state index contributed by atoms with van der Waals surface area (Å²) in [6.45, 7) is 0.347. The number of carboxylic acids is 1. The number of carboxylic acid groups (broad SMARTS) is 1. The van der Waals surface area contributed by atoms with Crippen LogP contribution in [-0.2, 0) is 11.2 Å². The Balaban J connectivity index is 1.97. The molecule has 0 saturated heterocycles. The molecule has 1 N–H and O–H groups in total. The van der Waals surface area contributed by atoms with E-state index in [4.69, 9.17) is 16.7 Å². The predicted molar refractivity (Wildman–Crippen MR) is 119 cm³/mol. The van der Waals surface area contributed by atoms with Crippen LogP contribution in [0.25, 0.3) is 0 Å². The van der Waals surface area contributed by atoms with Crippen molar-refractivity contribution in [1.82, 2.24) is 4.90 Å². The van der Waals surface area contributed by atoms with Gasteiger partial charge >= 0.3 is 5.97 Å². The van der Waals surface area contributed by atoms with Crippen molar-refractivity contribution in [2.75, 3.05) is 6.54 Å². The van der Waals surface area contributed by atoms with Crippen LogP contribution in [-0.4, -0.2) is 28.4 Å². The first-order valence-corrected chi connectivity index (χ1v) is 10.3. The molecule has 0 radical (unpaired) electrons. The van der Waals surface area contributed by atoms with E-state index in [2.05, 4.69) is 0 Å². The maximum Gasteiger partial charge on any atom is 0.303 e. The molecule has 0 aliphatic carbocycles. The zero-order chi connectivity index (χ0) is 21.3. The van der Waals surface area contributed by atoms with Gasteiger partial charge in [-0.05, 0) is 48.2 Å². The first kappa shape index (κ1) is 21.6. The van der Waals surface area contributed by atoms with E-state index in [-0.39, 0.29) is 18.4 Å². The Morgan fingerprint density at radius 2 is 1.47 bits per heavy atom. The Labute approximate surface area is 181 Å². The Hall–Kier alpha value is -3.11. The zero-order valence-electron chi connectivity index (χ0n) is 16.6. The van der Waals surface area contributed by atoms with Crippen LogP contribution >= 0.6 is 11.6 Å². The number of nitrogens with zero attached hydrogens (tertiary/aromatic N) is 1. The van der Waals surface area contributed by atoms with Gasteiger partial charge in [-0.2, -0.15) is 0 Å². The van der Waals surface area contributed by atoms with E-state index in [9.17, 15) is 9.59 Å². The molecule has 3 aromatic rings. The molecule has 0 saturated carbocycles. The molecule has 0 fully saturated rings. The highest BCUT2D eigenvalue weighted by Crippen LogP contribution is 2.28. The minimum absolute atomic E-state index is 0.0112. The zero-order valence-corrected chi connectivity index (χ0v) is 17.3. The van der Waals surface area contributed by atoms with E-state index >= 15 is 0 Å². The highest BCUT2D eigenvalue weighted by atomic mass is 35.5. The van der Waals surface area contributed by atoms with Crippen molar-refractivity contribution in [3.8, 4) is 0 Å². The summed E-state index contributed by atoms with van der Waals surface area (Å²) < 4.78 is 0. The molecule has 1 atom stereocenters.